The van der Waals surface area contributed by atoms with Crippen molar-refractivity contribution in [1.82, 2.24) is 19.6 Å². The number of piperidine rings is 1. The second kappa shape index (κ2) is 12.5. The number of hydrogen-bond donors (Lipinski definition) is 1. The summed E-state index contributed by atoms with van der Waals surface area (Å²) in [5, 5.41) is 4.28. The fraction of sp³-hybridized carbons (Fsp3) is 0.810. The van der Waals surface area contributed by atoms with Gasteiger partial charge in [-0.2, -0.15) is 5.10 Å². The number of amides is 1. The molecule has 2 unspecified atom stereocenters. The van der Waals surface area contributed by atoms with Gasteiger partial charge in [-0.1, -0.05) is 6.42 Å². The van der Waals surface area contributed by atoms with Crippen molar-refractivity contribution in [2.45, 2.75) is 63.6 Å². The molecule has 2 saturated carbocycles. The lowest BCUT2D eigenvalue weighted by molar-refractivity contribution is -0.140. The SMILES string of the molecule is CN(C(=O)C1CC2CCCC(C1)C2N)C1CCN(CCn2cccn2)CC1.Cl.Cl.Cl. The van der Waals surface area contributed by atoms with E-state index in [0.717, 1.165) is 51.9 Å². The topological polar surface area (TPSA) is 67.4 Å². The van der Waals surface area contributed by atoms with E-state index in [4.69, 9.17) is 5.73 Å². The highest BCUT2D eigenvalue weighted by molar-refractivity contribution is 5.86. The van der Waals surface area contributed by atoms with E-state index in [0.29, 0.717) is 29.8 Å². The van der Waals surface area contributed by atoms with E-state index >= 15 is 0 Å². The van der Waals surface area contributed by atoms with E-state index in [1.54, 1.807) is 0 Å². The molecule has 4 rings (SSSR count). The molecular weight excluding hydrogens is 445 g/mol. The van der Waals surface area contributed by atoms with Gasteiger partial charge in [0.2, 0.25) is 5.91 Å². The van der Waals surface area contributed by atoms with Gasteiger partial charge in [-0.25, -0.2) is 0 Å². The molecule has 6 nitrogen and oxygen atoms in total. The molecule has 1 aliphatic heterocycles. The van der Waals surface area contributed by atoms with Crippen LogP contribution < -0.4 is 5.73 Å². The zero-order valence-electron chi connectivity index (χ0n) is 17.9. The van der Waals surface area contributed by atoms with Crippen LogP contribution in [0.2, 0.25) is 0 Å². The van der Waals surface area contributed by atoms with Crippen LogP contribution in [0, 0.1) is 17.8 Å². The van der Waals surface area contributed by atoms with E-state index in [1.807, 2.05) is 30.2 Å². The molecule has 1 saturated heterocycles. The third-order valence-electron chi connectivity index (χ3n) is 7.42. The van der Waals surface area contributed by atoms with Gasteiger partial charge in [-0.05, 0) is 56.4 Å². The molecule has 0 aromatic carbocycles. The molecular formula is C21H38Cl3N5O. The van der Waals surface area contributed by atoms with Crippen molar-refractivity contribution >= 4 is 43.1 Å². The number of fused-ring (bicyclic) bond motifs is 2. The Balaban J connectivity index is 0.00000150. The summed E-state index contributed by atoms with van der Waals surface area (Å²) in [5.41, 5.74) is 6.41. The molecule has 174 valence electrons. The minimum Gasteiger partial charge on any atom is -0.342 e. The van der Waals surface area contributed by atoms with Gasteiger partial charge < -0.3 is 15.5 Å². The summed E-state index contributed by atoms with van der Waals surface area (Å²) in [4.78, 5) is 17.7. The highest BCUT2D eigenvalue weighted by Gasteiger charge is 2.42. The van der Waals surface area contributed by atoms with Gasteiger partial charge in [-0.3, -0.25) is 9.48 Å². The van der Waals surface area contributed by atoms with Crippen LogP contribution in [0.1, 0.15) is 44.9 Å². The summed E-state index contributed by atoms with van der Waals surface area (Å²) >= 11 is 0. The van der Waals surface area contributed by atoms with Gasteiger partial charge >= 0.3 is 0 Å². The zero-order chi connectivity index (χ0) is 18.8. The lowest BCUT2D eigenvalue weighted by Gasteiger charge is -2.45. The number of carbonyl (C=O) groups is 1. The molecule has 1 aromatic heterocycles. The highest BCUT2D eigenvalue weighted by Crippen LogP contribution is 2.42. The monoisotopic (exact) mass is 481 g/mol. The summed E-state index contributed by atoms with van der Waals surface area (Å²) in [6, 6.07) is 2.71. The maximum atomic E-state index is 13.2. The third kappa shape index (κ3) is 6.26. The minimum absolute atomic E-state index is 0. The van der Waals surface area contributed by atoms with Crippen molar-refractivity contribution < 1.29 is 4.79 Å². The predicted octanol–water partition coefficient (Wildman–Crippen LogP) is 3.22. The average Bonchev–Trinajstić information content (AvgIpc) is 3.19. The van der Waals surface area contributed by atoms with Gasteiger partial charge in [0.05, 0.1) is 6.54 Å². The van der Waals surface area contributed by atoms with Gasteiger partial charge in [-0.15, -0.1) is 37.2 Å². The lowest BCUT2D eigenvalue weighted by atomic mass is 9.65. The number of halogens is 3. The molecule has 2 N–H and O–H groups in total. The summed E-state index contributed by atoms with van der Waals surface area (Å²) in [7, 11) is 2.04. The van der Waals surface area contributed by atoms with Crippen LogP contribution in [-0.2, 0) is 11.3 Å². The molecule has 0 spiro atoms. The maximum absolute atomic E-state index is 13.2. The minimum atomic E-state index is 0. The fourth-order valence-corrected chi connectivity index (χ4v) is 5.67. The van der Waals surface area contributed by atoms with Crippen LogP contribution in [0.15, 0.2) is 18.5 Å². The number of nitrogens with zero attached hydrogens (tertiary/aromatic N) is 4. The molecule has 1 aromatic rings. The Hall–Kier alpha value is -0.530. The number of likely N-dealkylation sites (tertiary alicyclic amines) is 1. The predicted molar refractivity (Wildman–Crippen MR) is 128 cm³/mol. The Bertz CT molecular complexity index is 610. The van der Waals surface area contributed by atoms with Gasteiger partial charge in [0.25, 0.3) is 0 Å². The van der Waals surface area contributed by atoms with Crippen molar-refractivity contribution in [3.8, 4) is 0 Å². The van der Waals surface area contributed by atoms with Crippen molar-refractivity contribution in [2.75, 3.05) is 26.7 Å². The Kier molecular flexibility index (Phi) is 11.5. The summed E-state index contributed by atoms with van der Waals surface area (Å²) in [6.45, 7) is 4.13. The van der Waals surface area contributed by atoms with Crippen LogP contribution in [0.3, 0.4) is 0 Å². The first kappa shape index (κ1) is 27.5. The third-order valence-corrected chi connectivity index (χ3v) is 7.42. The molecule has 2 bridgehead atoms. The van der Waals surface area contributed by atoms with Crippen molar-refractivity contribution in [2.24, 2.45) is 23.5 Å². The molecule has 2 atom stereocenters. The van der Waals surface area contributed by atoms with Gasteiger partial charge in [0.15, 0.2) is 0 Å². The molecule has 3 fully saturated rings. The first-order valence-electron chi connectivity index (χ1n) is 10.8. The van der Waals surface area contributed by atoms with Crippen LogP contribution in [0.25, 0.3) is 0 Å². The first-order valence-corrected chi connectivity index (χ1v) is 10.8. The van der Waals surface area contributed by atoms with Gasteiger partial charge in [0.1, 0.15) is 0 Å². The summed E-state index contributed by atoms with van der Waals surface area (Å²) in [5.74, 6) is 1.74. The molecule has 2 aliphatic carbocycles. The van der Waals surface area contributed by atoms with Crippen molar-refractivity contribution in [1.29, 1.82) is 0 Å². The second-order valence-corrected chi connectivity index (χ2v) is 8.99. The number of aromatic nitrogens is 2. The van der Waals surface area contributed by atoms with Crippen LogP contribution in [0.5, 0.6) is 0 Å². The molecule has 1 amide bonds. The largest absolute Gasteiger partial charge is 0.342 e. The highest BCUT2D eigenvalue weighted by atomic mass is 35.5. The molecule has 3 aliphatic rings. The Labute approximate surface area is 199 Å². The molecule has 9 heteroatoms. The van der Waals surface area contributed by atoms with Crippen molar-refractivity contribution in [3.05, 3.63) is 18.5 Å². The second-order valence-electron chi connectivity index (χ2n) is 8.99. The van der Waals surface area contributed by atoms with Crippen LogP contribution in [0.4, 0.5) is 0 Å². The summed E-state index contributed by atoms with van der Waals surface area (Å²) in [6.07, 6.45) is 11.8. The van der Waals surface area contributed by atoms with Crippen LogP contribution >= 0.6 is 37.2 Å². The van der Waals surface area contributed by atoms with Crippen molar-refractivity contribution in [3.63, 3.8) is 0 Å². The van der Waals surface area contributed by atoms with Crippen LogP contribution in [-0.4, -0.2) is 64.3 Å². The standard InChI is InChI=1S/C21H35N5O.3ClH/c1-24(21(27)18-14-16-4-2-5-17(15-18)20(16)22)19-6-10-25(11-7-19)12-13-26-9-3-8-23-26;;;/h3,8-9,16-20H,2,4-7,10-15,22H2,1H3;3*1H. The fourth-order valence-electron chi connectivity index (χ4n) is 5.67. The number of nitrogens with two attached hydrogens (primary N) is 1. The van der Waals surface area contributed by atoms with E-state index in [2.05, 4.69) is 14.9 Å². The zero-order valence-corrected chi connectivity index (χ0v) is 20.3. The Morgan fingerprint density at radius 1 is 1.07 bits per heavy atom. The van der Waals surface area contributed by atoms with E-state index in [9.17, 15) is 4.79 Å². The van der Waals surface area contributed by atoms with E-state index in [1.165, 1.54) is 19.3 Å². The molecule has 2 heterocycles. The Morgan fingerprint density at radius 2 is 1.70 bits per heavy atom. The number of rotatable bonds is 5. The lowest BCUT2D eigenvalue weighted by Crippen LogP contribution is -2.52. The summed E-state index contributed by atoms with van der Waals surface area (Å²) < 4.78 is 1.99. The maximum Gasteiger partial charge on any atom is 0.225 e. The number of carbonyl (C=O) groups excluding carboxylic acids is 1. The normalized spacial score (nSPS) is 29.1. The quantitative estimate of drug-likeness (QED) is 0.700. The Morgan fingerprint density at radius 3 is 2.27 bits per heavy atom. The van der Waals surface area contributed by atoms with E-state index < -0.39 is 0 Å². The average molecular weight is 483 g/mol. The smallest absolute Gasteiger partial charge is 0.225 e. The van der Waals surface area contributed by atoms with E-state index in [-0.39, 0.29) is 43.1 Å². The number of hydrogen-bond acceptors (Lipinski definition) is 4. The first-order chi connectivity index (χ1) is 13.1. The molecule has 30 heavy (non-hydrogen) atoms. The molecule has 0 radical (unpaired) electrons. The van der Waals surface area contributed by atoms with Gasteiger partial charge in [0, 0.05) is 57.1 Å².